The first kappa shape index (κ1) is 18.9. The largest absolute Gasteiger partial charge is 0.496 e. The summed E-state index contributed by atoms with van der Waals surface area (Å²) in [4.78, 5) is 31.2. The van der Waals surface area contributed by atoms with E-state index in [1.165, 1.54) is 0 Å². The molecule has 1 aromatic carbocycles. The Balaban J connectivity index is 1.65. The molecule has 0 spiro atoms. The summed E-state index contributed by atoms with van der Waals surface area (Å²) in [6.45, 7) is 2.44. The Labute approximate surface area is 158 Å². The van der Waals surface area contributed by atoms with Gasteiger partial charge in [0.1, 0.15) is 11.8 Å². The van der Waals surface area contributed by atoms with E-state index in [2.05, 4.69) is 10.3 Å². The first-order chi connectivity index (χ1) is 13.2. The fourth-order valence-corrected chi connectivity index (χ4v) is 3.06. The van der Waals surface area contributed by atoms with E-state index in [4.69, 9.17) is 9.47 Å². The van der Waals surface area contributed by atoms with Crippen molar-refractivity contribution in [1.29, 1.82) is 0 Å². The van der Waals surface area contributed by atoms with Gasteiger partial charge in [0.2, 0.25) is 11.8 Å². The molecule has 1 unspecified atom stereocenters. The lowest BCUT2D eigenvalue weighted by Gasteiger charge is -2.30. The van der Waals surface area contributed by atoms with E-state index in [1.807, 2.05) is 24.3 Å². The molecule has 27 heavy (non-hydrogen) atoms. The van der Waals surface area contributed by atoms with Crippen LogP contribution in [0.15, 0.2) is 43.0 Å². The van der Waals surface area contributed by atoms with E-state index < -0.39 is 6.04 Å². The van der Waals surface area contributed by atoms with Crippen LogP contribution in [0.4, 0.5) is 0 Å². The fourth-order valence-electron chi connectivity index (χ4n) is 3.06. The number of benzene rings is 1. The minimum atomic E-state index is -0.622. The zero-order chi connectivity index (χ0) is 19.1. The Kier molecular flexibility index (Phi) is 6.43. The number of methoxy groups -OCH3 is 1. The number of morpholine rings is 1. The lowest BCUT2D eigenvalue weighted by Crippen LogP contribution is -2.45. The van der Waals surface area contributed by atoms with E-state index >= 15 is 0 Å². The predicted molar refractivity (Wildman–Crippen MR) is 98.1 cm³/mol. The number of aromatic nitrogens is 2. The van der Waals surface area contributed by atoms with Gasteiger partial charge in [0, 0.05) is 37.6 Å². The number of ether oxygens (including phenoxy) is 2. The van der Waals surface area contributed by atoms with E-state index in [0.29, 0.717) is 38.6 Å². The minimum absolute atomic E-state index is 0.0434. The summed E-state index contributed by atoms with van der Waals surface area (Å²) in [5, 5.41) is 2.88. The molecule has 0 radical (unpaired) electrons. The van der Waals surface area contributed by atoms with E-state index in [1.54, 1.807) is 35.3 Å². The van der Waals surface area contributed by atoms with Crippen LogP contribution in [0, 0.1) is 0 Å². The van der Waals surface area contributed by atoms with Crippen molar-refractivity contribution >= 4 is 11.8 Å². The Morgan fingerprint density at radius 3 is 2.78 bits per heavy atom. The number of nitrogens with one attached hydrogen (secondary N) is 1. The molecule has 144 valence electrons. The number of amides is 2. The highest BCUT2D eigenvalue weighted by atomic mass is 16.5. The van der Waals surface area contributed by atoms with Gasteiger partial charge >= 0.3 is 0 Å². The van der Waals surface area contributed by atoms with Gasteiger partial charge in [-0.3, -0.25) is 9.59 Å². The second kappa shape index (κ2) is 9.18. The molecule has 2 heterocycles. The highest BCUT2D eigenvalue weighted by molar-refractivity contribution is 5.87. The van der Waals surface area contributed by atoms with Crippen LogP contribution in [0.1, 0.15) is 18.0 Å². The quantitative estimate of drug-likeness (QED) is 0.784. The molecule has 0 bridgehead atoms. The molecule has 8 heteroatoms. The zero-order valence-electron chi connectivity index (χ0n) is 15.3. The van der Waals surface area contributed by atoms with Gasteiger partial charge in [-0.2, -0.15) is 0 Å². The molecule has 1 N–H and O–H groups in total. The molecule has 1 aliphatic heterocycles. The van der Waals surface area contributed by atoms with Crippen molar-refractivity contribution in [2.45, 2.75) is 19.0 Å². The maximum Gasteiger partial charge on any atom is 0.246 e. The highest BCUT2D eigenvalue weighted by Gasteiger charge is 2.29. The molecule has 1 aliphatic rings. The van der Waals surface area contributed by atoms with Gasteiger partial charge in [-0.15, -0.1) is 0 Å². The standard InChI is InChI=1S/C19H24N4O4/c1-26-17-5-3-2-4-15(17)13-21-18(24)12-16(23-7-6-20-14-23)19(25)22-8-10-27-11-9-22/h2-7,14,16H,8-13H2,1H3,(H,21,24). The molecule has 2 amide bonds. The molecular formula is C19H24N4O4. The second-order valence-corrected chi connectivity index (χ2v) is 6.26. The van der Waals surface area contributed by atoms with Crippen molar-refractivity contribution in [3.8, 4) is 5.75 Å². The average Bonchev–Trinajstić information content (AvgIpc) is 3.25. The van der Waals surface area contributed by atoms with E-state index in [9.17, 15) is 9.59 Å². The van der Waals surface area contributed by atoms with Gasteiger partial charge in [-0.1, -0.05) is 18.2 Å². The summed E-state index contributed by atoms with van der Waals surface area (Å²) >= 11 is 0. The number of rotatable bonds is 7. The number of carbonyl (C=O) groups is 2. The SMILES string of the molecule is COc1ccccc1CNC(=O)CC(C(=O)N1CCOCC1)n1ccnc1. The molecule has 1 saturated heterocycles. The van der Waals surface area contributed by atoms with Crippen LogP contribution in [-0.2, 0) is 20.9 Å². The van der Waals surface area contributed by atoms with Gasteiger partial charge in [0.05, 0.1) is 33.1 Å². The molecule has 1 atom stereocenters. The predicted octanol–water partition coefficient (Wildman–Crippen LogP) is 0.998. The number of hydrogen-bond acceptors (Lipinski definition) is 5. The van der Waals surface area contributed by atoms with Crippen LogP contribution >= 0.6 is 0 Å². The normalized spacial score (nSPS) is 15.2. The monoisotopic (exact) mass is 372 g/mol. The molecule has 2 aromatic rings. The van der Waals surface area contributed by atoms with Crippen molar-refractivity contribution in [1.82, 2.24) is 19.8 Å². The smallest absolute Gasteiger partial charge is 0.246 e. The van der Waals surface area contributed by atoms with Gasteiger partial charge < -0.3 is 24.3 Å². The Morgan fingerprint density at radius 2 is 2.07 bits per heavy atom. The fraction of sp³-hybridized carbons (Fsp3) is 0.421. The third-order valence-corrected chi connectivity index (χ3v) is 4.54. The Morgan fingerprint density at radius 1 is 1.30 bits per heavy atom. The summed E-state index contributed by atoms with van der Waals surface area (Å²) in [5.41, 5.74) is 0.882. The van der Waals surface area contributed by atoms with Crippen LogP contribution in [-0.4, -0.2) is 59.7 Å². The summed E-state index contributed by atoms with van der Waals surface area (Å²) in [7, 11) is 1.59. The highest BCUT2D eigenvalue weighted by Crippen LogP contribution is 2.19. The lowest BCUT2D eigenvalue weighted by atomic mass is 10.1. The number of carbonyl (C=O) groups excluding carboxylic acids is 2. The number of imidazole rings is 1. The molecule has 1 fully saturated rings. The maximum absolute atomic E-state index is 12.9. The Bertz CT molecular complexity index is 757. The average molecular weight is 372 g/mol. The van der Waals surface area contributed by atoms with Gasteiger partial charge in [-0.05, 0) is 6.07 Å². The topological polar surface area (TPSA) is 85.7 Å². The van der Waals surface area contributed by atoms with Crippen LogP contribution in [0.25, 0.3) is 0 Å². The number of para-hydroxylation sites is 1. The summed E-state index contributed by atoms with van der Waals surface area (Å²) in [6, 6.07) is 6.88. The van der Waals surface area contributed by atoms with Crippen LogP contribution in [0.5, 0.6) is 5.75 Å². The molecule has 3 rings (SSSR count). The van der Waals surface area contributed by atoms with Gasteiger partial charge in [0.15, 0.2) is 0 Å². The minimum Gasteiger partial charge on any atom is -0.496 e. The first-order valence-corrected chi connectivity index (χ1v) is 8.91. The van der Waals surface area contributed by atoms with Crippen molar-refractivity contribution < 1.29 is 19.1 Å². The van der Waals surface area contributed by atoms with Gasteiger partial charge in [0.25, 0.3) is 0 Å². The third-order valence-electron chi connectivity index (χ3n) is 4.54. The first-order valence-electron chi connectivity index (χ1n) is 8.91. The van der Waals surface area contributed by atoms with Crippen molar-refractivity contribution in [2.75, 3.05) is 33.4 Å². The van der Waals surface area contributed by atoms with Crippen LogP contribution in [0.2, 0.25) is 0 Å². The Hall–Kier alpha value is -2.87. The molecule has 8 nitrogen and oxygen atoms in total. The molecule has 1 aromatic heterocycles. The van der Waals surface area contributed by atoms with Crippen LogP contribution < -0.4 is 10.1 Å². The van der Waals surface area contributed by atoms with Gasteiger partial charge in [-0.25, -0.2) is 4.98 Å². The van der Waals surface area contributed by atoms with Crippen molar-refractivity contribution in [2.24, 2.45) is 0 Å². The lowest BCUT2D eigenvalue weighted by molar-refractivity contribution is -0.141. The van der Waals surface area contributed by atoms with Crippen molar-refractivity contribution in [3.05, 3.63) is 48.5 Å². The molecular weight excluding hydrogens is 348 g/mol. The summed E-state index contributed by atoms with van der Waals surface area (Å²) in [5.74, 6) is 0.415. The second-order valence-electron chi connectivity index (χ2n) is 6.26. The molecule has 0 saturated carbocycles. The van der Waals surface area contributed by atoms with Crippen molar-refractivity contribution in [3.63, 3.8) is 0 Å². The third kappa shape index (κ3) is 4.85. The number of nitrogens with zero attached hydrogens (tertiary/aromatic N) is 3. The van der Waals surface area contributed by atoms with E-state index in [-0.39, 0.29) is 18.2 Å². The maximum atomic E-state index is 12.9. The van der Waals surface area contributed by atoms with E-state index in [0.717, 1.165) is 5.56 Å². The molecule has 0 aliphatic carbocycles. The number of hydrogen-bond donors (Lipinski definition) is 1. The summed E-state index contributed by atoms with van der Waals surface area (Å²) < 4.78 is 12.3. The summed E-state index contributed by atoms with van der Waals surface area (Å²) in [6.07, 6.45) is 4.92. The van der Waals surface area contributed by atoms with Crippen LogP contribution in [0.3, 0.4) is 0 Å². The zero-order valence-corrected chi connectivity index (χ0v) is 15.3.